The number of anilines is 2. The van der Waals surface area contributed by atoms with Crippen LogP contribution in [0.3, 0.4) is 0 Å². The average Bonchev–Trinajstić information content (AvgIpc) is 2.54. The number of hydrazine groups is 2. The summed E-state index contributed by atoms with van der Waals surface area (Å²) in [7, 11) is 1.54. The Morgan fingerprint density at radius 3 is 2.56 bits per heavy atom. The van der Waals surface area contributed by atoms with E-state index in [1.165, 1.54) is 18.1 Å². The van der Waals surface area contributed by atoms with Crippen molar-refractivity contribution < 1.29 is 13.2 Å². The van der Waals surface area contributed by atoms with Crippen molar-refractivity contribution in [3.63, 3.8) is 0 Å². The van der Waals surface area contributed by atoms with Gasteiger partial charge >= 0.3 is 6.18 Å². The molecule has 4 nitrogen and oxygen atoms in total. The number of rotatable bonds is 0. The standard InChI is InChI=1S/C9H7F3N4/c1-15-8-4-6(9(10,11)12)2-3-7(8)16(5-13)14-15/h2-4,14H,1H3. The lowest BCUT2D eigenvalue weighted by Gasteiger charge is -2.12. The van der Waals surface area contributed by atoms with Crippen molar-refractivity contribution >= 4 is 11.4 Å². The Balaban J connectivity index is 2.49. The molecule has 0 aliphatic carbocycles. The van der Waals surface area contributed by atoms with Crippen LogP contribution < -0.4 is 15.6 Å². The molecule has 84 valence electrons. The van der Waals surface area contributed by atoms with Crippen molar-refractivity contribution in [3.05, 3.63) is 23.8 Å². The molecule has 1 aromatic carbocycles. The molecule has 0 atom stereocenters. The SMILES string of the molecule is CN1NN(C#N)c2ccc(C(F)(F)F)cc21. The van der Waals surface area contributed by atoms with Crippen molar-refractivity contribution in [1.82, 2.24) is 5.53 Å². The lowest BCUT2D eigenvalue weighted by atomic mass is 10.1. The molecule has 1 aliphatic heterocycles. The van der Waals surface area contributed by atoms with E-state index in [4.69, 9.17) is 5.26 Å². The number of fused-ring (bicyclic) bond motifs is 1. The maximum Gasteiger partial charge on any atom is 0.416 e. The smallest absolute Gasteiger partial charge is 0.291 e. The summed E-state index contributed by atoms with van der Waals surface area (Å²) in [6.07, 6.45) is -2.57. The molecule has 1 heterocycles. The highest BCUT2D eigenvalue weighted by molar-refractivity contribution is 5.76. The molecule has 0 fully saturated rings. The van der Waals surface area contributed by atoms with Gasteiger partial charge in [0.2, 0.25) is 6.19 Å². The van der Waals surface area contributed by atoms with Gasteiger partial charge in [0.15, 0.2) is 0 Å². The fraction of sp³-hybridized carbons (Fsp3) is 0.222. The minimum atomic E-state index is -4.38. The molecular formula is C9H7F3N4. The summed E-state index contributed by atoms with van der Waals surface area (Å²) in [6.45, 7) is 0. The summed E-state index contributed by atoms with van der Waals surface area (Å²) in [4.78, 5) is 0. The van der Waals surface area contributed by atoms with Gasteiger partial charge in [0.25, 0.3) is 0 Å². The number of nitrogens with zero attached hydrogens (tertiary/aromatic N) is 3. The lowest BCUT2D eigenvalue weighted by Crippen LogP contribution is -2.39. The fourth-order valence-electron chi connectivity index (χ4n) is 1.49. The van der Waals surface area contributed by atoms with Gasteiger partial charge in [0.1, 0.15) is 0 Å². The monoisotopic (exact) mass is 228 g/mol. The van der Waals surface area contributed by atoms with E-state index in [2.05, 4.69) is 5.53 Å². The quantitative estimate of drug-likeness (QED) is 0.688. The number of hydrogen-bond donors (Lipinski definition) is 1. The second kappa shape index (κ2) is 3.28. The van der Waals surface area contributed by atoms with E-state index in [9.17, 15) is 13.2 Å². The molecule has 0 unspecified atom stereocenters. The van der Waals surface area contributed by atoms with E-state index in [1.54, 1.807) is 0 Å². The van der Waals surface area contributed by atoms with Crippen LogP contribution >= 0.6 is 0 Å². The first kappa shape index (κ1) is 10.6. The van der Waals surface area contributed by atoms with Gasteiger partial charge in [0, 0.05) is 7.05 Å². The third-order valence-electron chi connectivity index (χ3n) is 2.25. The molecule has 0 spiro atoms. The molecule has 0 radical (unpaired) electrons. The van der Waals surface area contributed by atoms with Gasteiger partial charge in [-0.25, -0.2) is 0 Å². The normalized spacial score (nSPS) is 14.9. The predicted molar refractivity (Wildman–Crippen MR) is 51.1 cm³/mol. The maximum absolute atomic E-state index is 12.4. The van der Waals surface area contributed by atoms with Crippen molar-refractivity contribution in [2.45, 2.75) is 6.18 Å². The molecule has 0 bridgehead atoms. The van der Waals surface area contributed by atoms with E-state index in [1.807, 2.05) is 6.19 Å². The van der Waals surface area contributed by atoms with Crippen LogP contribution in [0.15, 0.2) is 18.2 Å². The van der Waals surface area contributed by atoms with Crippen LogP contribution in [-0.2, 0) is 6.18 Å². The summed E-state index contributed by atoms with van der Waals surface area (Å²) in [5.74, 6) is 0. The number of hydrogen-bond acceptors (Lipinski definition) is 4. The summed E-state index contributed by atoms with van der Waals surface area (Å²) >= 11 is 0. The summed E-state index contributed by atoms with van der Waals surface area (Å²) in [5, 5.41) is 11.2. The van der Waals surface area contributed by atoms with Crippen LogP contribution in [0.4, 0.5) is 24.5 Å². The highest BCUT2D eigenvalue weighted by Gasteiger charge is 2.33. The van der Waals surface area contributed by atoms with Crippen LogP contribution in [0.5, 0.6) is 0 Å². The van der Waals surface area contributed by atoms with Gasteiger partial charge in [0.05, 0.1) is 16.9 Å². The predicted octanol–water partition coefficient (Wildman–Crippen LogP) is 1.86. The van der Waals surface area contributed by atoms with Gasteiger partial charge < -0.3 is 0 Å². The van der Waals surface area contributed by atoms with Gasteiger partial charge in [-0.15, -0.1) is 5.53 Å². The minimum Gasteiger partial charge on any atom is -0.291 e. The molecular weight excluding hydrogens is 221 g/mol. The van der Waals surface area contributed by atoms with Crippen molar-refractivity contribution in [2.24, 2.45) is 0 Å². The third kappa shape index (κ3) is 1.53. The third-order valence-corrected chi connectivity index (χ3v) is 2.25. The maximum atomic E-state index is 12.4. The van der Waals surface area contributed by atoms with E-state index in [-0.39, 0.29) is 0 Å². The molecule has 1 aromatic rings. The Morgan fingerprint density at radius 1 is 1.31 bits per heavy atom. The molecule has 0 saturated heterocycles. The van der Waals surface area contributed by atoms with Crippen LogP contribution in [-0.4, -0.2) is 7.05 Å². The van der Waals surface area contributed by atoms with Crippen LogP contribution in [0.2, 0.25) is 0 Å². The molecule has 7 heteroatoms. The number of alkyl halides is 3. The number of benzene rings is 1. The molecule has 1 aliphatic rings. The molecule has 0 amide bonds. The first-order valence-electron chi connectivity index (χ1n) is 4.34. The van der Waals surface area contributed by atoms with Crippen molar-refractivity contribution in [1.29, 1.82) is 5.26 Å². The second-order valence-electron chi connectivity index (χ2n) is 3.30. The topological polar surface area (TPSA) is 42.3 Å². The highest BCUT2D eigenvalue weighted by atomic mass is 19.4. The molecule has 2 rings (SSSR count). The largest absolute Gasteiger partial charge is 0.416 e. The molecule has 0 aromatic heterocycles. The number of halogens is 3. The van der Waals surface area contributed by atoms with Crippen LogP contribution in [0.1, 0.15) is 5.56 Å². The van der Waals surface area contributed by atoms with Gasteiger partial charge in [-0.3, -0.25) is 5.01 Å². The van der Waals surface area contributed by atoms with Crippen LogP contribution in [0, 0.1) is 11.5 Å². The van der Waals surface area contributed by atoms with Crippen molar-refractivity contribution in [2.75, 3.05) is 17.1 Å². The van der Waals surface area contributed by atoms with Gasteiger partial charge in [-0.2, -0.15) is 23.4 Å². The zero-order valence-electron chi connectivity index (χ0n) is 8.21. The Labute approximate surface area is 89.4 Å². The minimum absolute atomic E-state index is 0.316. The Bertz CT molecular complexity index is 463. The van der Waals surface area contributed by atoms with E-state index >= 15 is 0 Å². The Kier molecular flexibility index (Phi) is 2.17. The average molecular weight is 228 g/mol. The molecule has 0 saturated carbocycles. The summed E-state index contributed by atoms with van der Waals surface area (Å²) in [6, 6.07) is 3.21. The molecule has 1 N–H and O–H groups in total. The summed E-state index contributed by atoms with van der Waals surface area (Å²) < 4.78 is 37.3. The van der Waals surface area contributed by atoms with E-state index in [0.29, 0.717) is 11.4 Å². The van der Waals surface area contributed by atoms with E-state index in [0.717, 1.165) is 17.1 Å². The van der Waals surface area contributed by atoms with Crippen LogP contribution in [0.25, 0.3) is 0 Å². The first-order valence-corrected chi connectivity index (χ1v) is 4.34. The summed E-state index contributed by atoms with van der Waals surface area (Å²) in [5.41, 5.74) is 2.57. The zero-order valence-corrected chi connectivity index (χ0v) is 8.21. The highest BCUT2D eigenvalue weighted by Crippen LogP contribution is 2.38. The zero-order chi connectivity index (χ0) is 11.9. The second-order valence-corrected chi connectivity index (χ2v) is 3.30. The Morgan fingerprint density at radius 2 is 2.00 bits per heavy atom. The van der Waals surface area contributed by atoms with Gasteiger partial charge in [-0.05, 0) is 18.2 Å². The Hall–Kier alpha value is -1.94. The fourth-order valence-corrected chi connectivity index (χ4v) is 1.49. The van der Waals surface area contributed by atoms with E-state index < -0.39 is 11.7 Å². The van der Waals surface area contributed by atoms with Gasteiger partial charge in [-0.1, -0.05) is 0 Å². The number of nitrogens with one attached hydrogen (secondary N) is 1. The first-order chi connectivity index (χ1) is 7.43. The molecule has 16 heavy (non-hydrogen) atoms. The lowest BCUT2D eigenvalue weighted by molar-refractivity contribution is -0.137. The number of nitriles is 1. The van der Waals surface area contributed by atoms with Crippen molar-refractivity contribution in [3.8, 4) is 6.19 Å².